The Labute approximate surface area is 167 Å². The van der Waals surface area contributed by atoms with Gasteiger partial charge in [-0.25, -0.2) is 4.98 Å². The Morgan fingerprint density at radius 2 is 1.86 bits per heavy atom. The summed E-state index contributed by atoms with van der Waals surface area (Å²) in [5, 5.41) is 3.41. The highest BCUT2D eigenvalue weighted by Gasteiger charge is 2.07. The Kier molecular flexibility index (Phi) is 6.45. The molecule has 0 fully saturated rings. The Morgan fingerprint density at radius 3 is 2.50 bits per heavy atom. The number of halogens is 1. The van der Waals surface area contributed by atoms with Gasteiger partial charge < -0.3 is 10.1 Å². The van der Waals surface area contributed by atoms with E-state index in [4.69, 9.17) is 16.3 Å². The third-order valence-electron chi connectivity index (χ3n) is 4.06. The standard InChI is InChI=1S/C21H20ClN3O3/c1-2-28-18-9-5-16(6-10-18)19-11-21(27)25(14-24-19)13-20(26)23-12-15-3-7-17(22)8-4-15/h3-11,14H,2,12-13H2,1H3,(H,23,26). The predicted octanol–water partition coefficient (Wildman–Crippen LogP) is 3.28. The van der Waals surface area contributed by atoms with Crippen LogP contribution >= 0.6 is 11.6 Å². The second-order valence-corrected chi connectivity index (χ2v) is 6.54. The third kappa shape index (κ3) is 5.20. The minimum absolute atomic E-state index is 0.0943. The van der Waals surface area contributed by atoms with Gasteiger partial charge in [0.2, 0.25) is 5.91 Å². The Hall–Kier alpha value is -3.12. The van der Waals surface area contributed by atoms with E-state index in [0.717, 1.165) is 16.9 Å². The lowest BCUT2D eigenvalue weighted by atomic mass is 10.1. The molecule has 0 aliphatic heterocycles. The van der Waals surface area contributed by atoms with Crippen molar-refractivity contribution in [1.29, 1.82) is 0 Å². The first-order valence-electron chi connectivity index (χ1n) is 8.86. The molecule has 0 atom stereocenters. The maximum atomic E-state index is 12.3. The van der Waals surface area contributed by atoms with E-state index in [1.54, 1.807) is 12.1 Å². The molecule has 6 nitrogen and oxygen atoms in total. The number of hydrogen-bond donors (Lipinski definition) is 1. The molecule has 0 saturated carbocycles. The lowest BCUT2D eigenvalue weighted by Gasteiger charge is -2.09. The second kappa shape index (κ2) is 9.19. The minimum Gasteiger partial charge on any atom is -0.494 e. The Morgan fingerprint density at radius 1 is 1.14 bits per heavy atom. The van der Waals surface area contributed by atoms with Gasteiger partial charge in [-0.1, -0.05) is 23.7 Å². The fourth-order valence-electron chi connectivity index (χ4n) is 2.60. The van der Waals surface area contributed by atoms with Crippen molar-refractivity contribution in [2.45, 2.75) is 20.0 Å². The second-order valence-electron chi connectivity index (χ2n) is 6.10. The average molecular weight is 398 g/mol. The summed E-state index contributed by atoms with van der Waals surface area (Å²) in [7, 11) is 0. The highest BCUT2D eigenvalue weighted by Crippen LogP contribution is 2.19. The molecule has 144 valence electrons. The fourth-order valence-corrected chi connectivity index (χ4v) is 2.73. The summed E-state index contributed by atoms with van der Waals surface area (Å²) in [6, 6.07) is 16.0. The van der Waals surface area contributed by atoms with E-state index in [-0.39, 0.29) is 18.0 Å². The average Bonchev–Trinajstić information content (AvgIpc) is 2.70. The molecule has 1 amide bonds. The van der Waals surface area contributed by atoms with Crippen LogP contribution in [0, 0.1) is 0 Å². The molecule has 0 spiro atoms. The van der Waals surface area contributed by atoms with E-state index in [1.807, 2.05) is 43.3 Å². The number of aromatic nitrogens is 2. The van der Waals surface area contributed by atoms with Gasteiger partial charge >= 0.3 is 0 Å². The molecule has 0 radical (unpaired) electrons. The van der Waals surface area contributed by atoms with Gasteiger partial charge in [0.1, 0.15) is 12.3 Å². The maximum absolute atomic E-state index is 12.3. The summed E-state index contributed by atoms with van der Waals surface area (Å²) >= 11 is 5.84. The summed E-state index contributed by atoms with van der Waals surface area (Å²) < 4.78 is 6.68. The number of carbonyl (C=O) groups excluding carboxylic acids is 1. The van der Waals surface area contributed by atoms with Gasteiger partial charge in [-0.15, -0.1) is 0 Å². The summed E-state index contributed by atoms with van der Waals surface area (Å²) in [6.07, 6.45) is 1.38. The van der Waals surface area contributed by atoms with Crippen LogP contribution in [0.25, 0.3) is 11.3 Å². The van der Waals surface area contributed by atoms with Crippen molar-refractivity contribution >= 4 is 17.5 Å². The zero-order valence-electron chi connectivity index (χ0n) is 15.4. The molecule has 2 aromatic carbocycles. The van der Waals surface area contributed by atoms with Crippen LogP contribution in [0.1, 0.15) is 12.5 Å². The van der Waals surface area contributed by atoms with Gasteiger partial charge in [0.25, 0.3) is 5.56 Å². The van der Waals surface area contributed by atoms with Gasteiger partial charge in [0.05, 0.1) is 18.6 Å². The predicted molar refractivity (Wildman–Crippen MR) is 108 cm³/mol. The highest BCUT2D eigenvalue weighted by molar-refractivity contribution is 6.30. The van der Waals surface area contributed by atoms with Crippen molar-refractivity contribution in [3.8, 4) is 17.0 Å². The third-order valence-corrected chi connectivity index (χ3v) is 4.31. The number of ether oxygens (including phenoxy) is 1. The number of carbonyl (C=O) groups is 1. The number of amides is 1. The fraction of sp³-hybridized carbons (Fsp3) is 0.190. The van der Waals surface area contributed by atoms with Crippen molar-refractivity contribution in [1.82, 2.24) is 14.9 Å². The molecule has 0 aliphatic carbocycles. The SMILES string of the molecule is CCOc1ccc(-c2cc(=O)n(CC(=O)NCc3ccc(Cl)cc3)cn2)cc1. The quantitative estimate of drug-likeness (QED) is 0.664. The molecule has 0 aliphatic rings. The molecule has 1 aromatic heterocycles. The smallest absolute Gasteiger partial charge is 0.254 e. The minimum atomic E-state index is -0.291. The number of benzene rings is 2. The van der Waals surface area contributed by atoms with Crippen molar-refractivity contribution in [3.63, 3.8) is 0 Å². The van der Waals surface area contributed by atoms with Crippen LogP contribution in [-0.4, -0.2) is 22.1 Å². The zero-order chi connectivity index (χ0) is 19.9. The monoisotopic (exact) mass is 397 g/mol. The van der Waals surface area contributed by atoms with Crippen LogP contribution in [0.3, 0.4) is 0 Å². The number of nitrogens with one attached hydrogen (secondary N) is 1. The first-order chi connectivity index (χ1) is 13.5. The molecular formula is C21H20ClN3O3. The van der Waals surface area contributed by atoms with Crippen molar-refractivity contribution in [3.05, 3.63) is 81.9 Å². The van der Waals surface area contributed by atoms with Crippen LogP contribution in [-0.2, 0) is 17.9 Å². The summed E-state index contributed by atoms with van der Waals surface area (Å²) in [5.41, 5.74) is 1.99. The largest absolute Gasteiger partial charge is 0.494 e. The zero-order valence-corrected chi connectivity index (χ0v) is 16.1. The molecule has 3 aromatic rings. The van der Waals surface area contributed by atoms with Gasteiger partial charge in [0.15, 0.2) is 0 Å². The molecule has 0 unspecified atom stereocenters. The van der Waals surface area contributed by atoms with Crippen molar-refractivity contribution < 1.29 is 9.53 Å². The molecule has 7 heteroatoms. The summed E-state index contributed by atoms with van der Waals surface area (Å²) in [4.78, 5) is 28.7. The van der Waals surface area contributed by atoms with E-state index in [0.29, 0.717) is 23.9 Å². The number of rotatable bonds is 7. The number of hydrogen-bond acceptors (Lipinski definition) is 4. The van der Waals surface area contributed by atoms with Gasteiger partial charge in [0, 0.05) is 23.2 Å². The van der Waals surface area contributed by atoms with Crippen molar-refractivity contribution in [2.24, 2.45) is 0 Å². The lowest BCUT2D eigenvalue weighted by molar-refractivity contribution is -0.121. The molecular weight excluding hydrogens is 378 g/mol. The number of nitrogens with zero attached hydrogens (tertiary/aromatic N) is 2. The molecule has 0 bridgehead atoms. The topological polar surface area (TPSA) is 73.2 Å². The molecule has 1 heterocycles. The summed E-state index contributed by atoms with van der Waals surface area (Å²) in [5.74, 6) is 0.490. The van der Waals surface area contributed by atoms with E-state index in [1.165, 1.54) is 17.0 Å². The van der Waals surface area contributed by atoms with Gasteiger partial charge in [-0.05, 0) is 48.9 Å². The van der Waals surface area contributed by atoms with Crippen LogP contribution in [0.5, 0.6) is 5.75 Å². The highest BCUT2D eigenvalue weighted by atomic mass is 35.5. The van der Waals surface area contributed by atoms with Crippen LogP contribution in [0.4, 0.5) is 0 Å². The van der Waals surface area contributed by atoms with Gasteiger partial charge in [-0.3, -0.25) is 14.2 Å². The van der Waals surface area contributed by atoms with Crippen LogP contribution < -0.4 is 15.6 Å². The van der Waals surface area contributed by atoms with Crippen LogP contribution in [0.15, 0.2) is 65.7 Å². The van der Waals surface area contributed by atoms with Crippen LogP contribution in [0.2, 0.25) is 5.02 Å². The maximum Gasteiger partial charge on any atom is 0.254 e. The summed E-state index contributed by atoms with van der Waals surface area (Å²) in [6.45, 7) is 2.78. The van der Waals surface area contributed by atoms with E-state index >= 15 is 0 Å². The molecule has 0 saturated heterocycles. The van der Waals surface area contributed by atoms with Crippen molar-refractivity contribution in [2.75, 3.05) is 6.61 Å². The molecule has 3 rings (SSSR count). The molecule has 28 heavy (non-hydrogen) atoms. The first kappa shape index (κ1) is 19.6. The molecule has 1 N–H and O–H groups in total. The van der Waals surface area contributed by atoms with E-state index < -0.39 is 0 Å². The lowest BCUT2D eigenvalue weighted by Crippen LogP contribution is -2.31. The Bertz CT molecular complexity index is 999. The van der Waals surface area contributed by atoms with E-state index in [9.17, 15) is 9.59 Å². The normalized spacial score (nSPS) is 10.5. The Balaban J connectivity index is 1.62. The van der Waals surface area contributed by atoms with E-state index in [2.05, 4.69) is 10.3 Å². The van der Waals surface area contributed by atoms with Gasteiger partial charge in [-0.2, -0.15) is 0 Å². The first-order valence-corrected chi connectivity index (χ1v) is 9.24.